The smallest absolute Gasteiger partial charge is 0.257 e. The van der Waals surface area contributed by atoms with Gasteiger partial charge in [-0.05, 0) is 42.2 Å². The molecule has 1 amide bonds. The van der Waals surface area contributed by atoms with Crippen LogP contribution < -0.4 is 5.32 Å². The normalized spacial score (nSPS) is 10.9. The third kappa shape index (κ3) is 3.63. The maximum Gasteiger partial charge on any atom is 0.257 e. The fourth-order valence-electron chi connectivity index (χ4n) is 2.04. The number of nitrogens with zero attached hydrogens (tertiary/aromatic N) is 1. The Hall–Kier alpha value is -1.27. The van der Waals surface area contributed by atoms with E-state index in [4.69, 9.17) is 23.2 Å². The van der Waals surface area contributed by atoms with Gasteiger partial charge in [-0.2, -0.15) is 0 Å². The minimum absolute atomic E-state index is 0.204. The monoisotopic (exact) mass is 382 g/mol. The molecule has 0 aliphatic carbocycles. The van der Waals surface area contributed by atoms with Gasteiger partial charge in [0.1, 0.15) is 5.52 Å². The molecule has 1 aromatic heterocycles. The molecule has 1 heterocycles. The molecule has 3 nitrogen and oxygen atoms in total. The molecule has 0 unspecified atom stereocenters. The van der Waals surface area contributed by atoms with Gasteiger partial charge in [-0.3, -0.25) is 10.1 Å². The number of fused-ring (bicyclic) bond motifs is 1. The Morgan fingerprint density at radius 1 is 1.17 bits per heavy atom. The molecule has 0 atom stereocenters. The van der Waals surface area contributed by atoms with E-state index in [2.05, 4.69) is 17.2 Å². The van der Waals surface area contributed by atoms with Crippen LogP contribution in [0, 0.1) is 0 Å². The standard InChI is InChI=1S/C16H12Cl2N2OS2/c1-2-22-10-5-3-9(4-6-10)15(21)20-16-19-13-11(17)7-8-12(18)14(13)23-16/h3-8H,2H2,1H3,(H,19,20,21). The highest BCUT2D eigenvalue weighted by Crippen LogP contribution is 2.36. The predicted octanol–water partition coefficient (Wildman–Crippen LogP) is 5.97. The van der Waals surface area contributed by atoms with Crippen LogP contribution >= 0.6 is 46.3 Å². The third-order valence-electron chi connectivity index (χ3n) is 3.09. The summed E-state index contributed by atoms with van der Waals surface area (Å²) in [5.74, 6) is 0.794. The van der Waals surface area contributed by atoms with E-state index < -0.39 is 0 Å². The summed E-state index contributed by atoms with van der Waals surface area (Å²) in [7, 11) is 0. The molecule has 2 aromatic carbocycles. The molecule has 3 rings (SSSR count). The number of carbonyl (C=O) groups excluding carboxylic acids is 1. The van der Waals surface area contributed by atoms with Gasteiger partial charge in [0.2, 0.25) is 0 Å². The number of hydrogen-bond donors (Lipinski definition) is 1. The summed E-state index contributed by atoms with van der Waals surface area (Å²) in [5, 5.41) is 4.37. The van der Waals surface area contributed by atoms with Crippen LogP contribution in [0.1, 0.15) is 17.3 Å². The first-order chi connectivity index (χ1) is 11.1. The molecule has 0 aliphatic rings. The lowest BCUT2D eigenvalue weighted by atomic mass is 10.2. The number of hydrogen-bond acceptors (Lipinski definition) is 4. The van der Waals surface area contributed by atoms with Crippen LogP contribution in [-0.4, -0.2) is 16.6 Å². The first-order valence-electron chi connectivity index (χ1n) is 6.87. The molecule has 1 N–H and O–H groups in total. The molecule has 0 radical (unpaired) electrons. The minimum atomic E-state index is -0.204. The van der Waals surface area contributed by atoms with Crippen LogP contribution in [0.3, 0.4) is 0 Å². The molecule has 0 saturated carbocycles. The van der Waals surface area contributed by atoms with Crippen molar-refractivity contribution in [2.45, 2.75) is 11.8 Å². The summed E-state index contributed by atoms with van der Waals surface area (Å²) in [6.45, 7) is 2.09. The lowest BCUT2D eigenvalue weighted by molar-refractivity contribution is 0.102. The van der Waals surface area contributed by atoms with Gasteiger partial charge in [0.25, 0.3) is 5.91 Å². The van der Waals surface area contributed by atoms with Gasteiger partial charge in [0, 0.05) is 10.5 Å². The van der Waals surface area contributed by atoms with Gasteiger partial charge in [-0.15, -0.1) is 11.8 Å². The number of halogens is 2. The molecule has 0 fully saturated rings. The number of rotatable bonds is 4. The van der Waals surface area contributed by atoms with Gasteiger partial charge in [-0.25, -0.2) is 4.98 Å². The van der Waals surface area contributed by atoms with Gasteiger partial charge in [0.05, 0.1) is 14.7 Å². The van der Waals surface area contributed by atoms with Crippen molar-refractivity contribution in [3.8, 4) is 0 Å². The van der Waals surface area contributed by atoms with Crippen molar-refractivity contribution in [2.24, 2.45) is 0 Å². The van der Waals surface area contributed by atoms with Gasteiger partial charge in [0.15, 0.2) is 5.13 Å². The van der Waals surface area contributed by atoms with Crippen molar-refractivity contribution >= 4 is 67.6 Å². The molecule has 0 saturated heterocycles. The summed E-state index contributed by atoms with van der Waals surface area (Å²) in [4.78, 5) is 17.8. The van der Waals surface area contributed by atoms with E-state index in [1.807, 2.05) is 12.1 Å². The first-order valence-corrected chi connectivity index (χ1v) is 9.43. The van der Waals surface area contributed by atoms with Crippen molar-refractivity contribution in [1.82, 2.24) is 4.98 Å². The molecular formula is C16H12Cl2N2OS2. The first kappa shape index (κ1) is 16.6. The van der Waals surface area contributed by atoms with Crippen molar-refractivity contribution < 1.29 is 4.79 Å². The molecule has 0 aliphatic heterocycles. The molecule has 7 heteroatoms. The second kappa shape index (κ2) is 7.09. The summed E-state index contributed by atoms with van der Waals surface area (Å²) in [6.07, 6.45) is 0. The zero-order valence-corrected chi connectivity index (χ0v) is 15.2. The van der Waals surface area contributed by atoms with Crippen LogP contribution in [0.2, 0.25) is 10.0 Å². The van der Waals surface area contributed by atoms with Gasteiger partial charge in [-0.1, -0.05) is 41.5 Å². The zero-order chi connectivity index (χ0) is 16.4. The average Bonchev–Trinajstić information content (AvgIpc) is 2.97. The van der Waals surface area contributed by atoms with E-state index in [9.17, 15) is 4.79 Å². The summed E-state index contributed by atoms with van der Waals surface area (Å²) >= 11 is 15.3. The van der Waals surface area contributed by atoms with Crippen LogP contribution in [-0.2, 0) is 0 Å². The molecule has 0 spiro atoms. The number of benzene rings is 2. The van der Waals surface area contributed by atoms with Crippen LogP contribution in [0.15, 0.2) is 41.3 Å². The highest BCUT2D eigenvalue weighted by molar-refractivity contribution is 7.99. The summed E-state index contributed by atoms with van der Waals surface area (Å²) in [6, 6.07) is 10.9. The van der Waals surface area contributed by atoms with Gasteiger partial charge < -0.3 is 0 Å². The zero-order valence-electron chi connectivity index (χ0n) is 12.1. The van der Waals surface area contributed by atoms with Crippen LogP contribution in [0.5, 0.6) is 0 Å². The molecule has 118 valence electrons. The van der Waals surface area contributed by atoms with Crippen molar-refractivity contribution in [3.05, 3.63) is 52.0 Å². The highest BCUT2D eigenvalue weighted by atomic mass is 35.5. The van der Waals surface area contributed by atoms with E-state index in [1.165, 1.54) is 11.3 Å². The average molecular weight is 383 g/mol. The number of aromatic nitrogens is 1. The lowest BCUT2D eigenvalue weighted by Crippen LogP contribution is -2.11. The number of thiazole rings is 1. The topological polar surface area (TPSA) is 42.0 Å². The Bertz CT molecular complexity index is 823. The number of thioether (sulfide) groups is 1. The molecular weight excluding hydrogens is 371 g/mol. The third-order valence-corrected chi connectivity index (χ3v) is 5.72. The molecule has 3 aromatic rings. The van der Waals surface area contributed by atoms with E-state index in [-0.39, 0.29) is 5.91 Å². The number of carbonyl (C=O) groups is 1. The van der Waals surface area contributed by atoms with Crippen LogP contribution in [0.25, 0.3) is 10.2 Å². The Morgan fingerprint density at radius 3 is 2.52 bits per heavy atom. The Labute approximate surface area is 152 Å². The second-order valence-corrected chi connectivity index (χ2v) is 7.79. The quantitative estimate of drug-likeness (QED) is 0.565. The highest BCUT2D eigenvalue weighted by Gasteiger charge is 2.13. The summed E-state index contributed by atoms with van der Waals surface area (Å²) < 4.78 is 0.768. The van der Waals surface area contributed by atoms with Crippen molar-refractivity contribution in [3.63, 3.8) is 0 Å². The molecule has 0 bridgehead atoms. The maximum absolute atomic E-state index is 12.3. The van der Waals surface area contributed by atoms with Crippen LogP contribution in [0.4, 0.5) is 5.13 Å². The maximum atomic E-state index is 12.3. The van der Waals surface area contributed by atoms with Gasteiger partial charge >= 0.3 is 0 Å². The SMILES string of the molecule is CCSc1ccc(C(=O)Nc2nc3c(Cl)ccc(Cl)c3s2)cc1. The number of anilines is 1. The lowest BCUT2D eigenvalue weighted by Gasteiger charge is -2.03. The Kier molecular flexibility index (Phi) is 5.11. The van der Waals surface area contributed by atoms with E-state index in [0.717, 1.165) is 15.3 Å². The second-order valence-electron chi connectivity index (χ2n) is 4.64. The minimum Gasteiger partial charge on any atom is -0.298 e. The number of nitrogens with one attached hydrogen (secondary N) is 1. The van der Waals surface area contributed by atoms with E-state index >= 15 is 0 Å². The fraction of sp³-hybridized carbons (Fsp3) is 0.125. The van der Waals surface area contributed by atoms with E-state index in [1.54, 1.807) is 36.0 Å². The van der Waals surface area contributed by atoms with E-state index in [0.29, 0.717) is 26.3 Å². The molecule has 23 heavy (non-hydrogen) atoms. The van der Waals surface area contributed by atoms with Crippen molar-refractivity contribution in [1.29, 1.82) is 0 Å². The summed E-state index contributed by atoms with van der Waals surface area (Å²) in [5.41, 5.74) is 1.19. The predicted molar refractivity (Wildman–Crippen MR) is 100 cm³/mol. The number of amides is 1. The fourth-order valence-corrected chi connectivity index (χ4v) is 4.11. The largest absolute Gasteiger partial charge is 0.298 e. The Morgan fingerprint density at radius 2 is 1.87 bits per heavy atom. The Balaban J connectivity index is 1.82. The van der Waals surface area contributed by atoms with Crippen molar-refractivity contribution in [2.75, 3.05) is 11.1 Å².